The molecule has 0 bridgehead atoms. The average Bonchev–Trinajstić information content (AvgIpc) is 2.53. The van der Waals surface area contributed by atoms with E-state index in [9.17, 15) is 4.79 Å². The van der Waals surface area contributed by atoms with E-state index in [-0.39, 0.29) is 5.82 Å². The normalized spacial score (nSPS) is 15.9. The van der Waals surface area contributed by atoms with Crippen LogP contribution in [0.4, 0.5) is 5.82 Å². The Morgan fingerprint density at radius 2 is 2.25 bits per heavy atom. The zero-order valence-corrected chi connectivity index (χ0v) is 12.1. The van der Waals surface area contributed by atoms with Crippen molar-refractivity contribution in [1.29, 1.82) is 0 Å². The van der Waals surface area contributed by atoms with Crippen molar-refractivity contribution in [2.75, 3.05) is 38.2 Å². The Morgan fingerprint density at radius 1 is 1.50 bits per heavy atom. The number of nitrogens with zero attached hydrogens (tertiary/aromatic N) is 3. The molecule has 0 radical (unpaired) electrons. The number of anilines is 1. The van der Waals surface area contributed by atoms with Crippen LogP contribution in [0, 0.1) is 5.92 Å². The zero-order chi connectivity index (χ0) is 14.4. The second kappa shape index (κ2) is 7.19. The summed E-state index contributed by atoms with van der Waals surface area (Å²) in [5.74, 6) is 1.09. The molecule has 0 aromatic carbocycles. The predicted octanol–water partition coefficient (Wildman–Crippen LogP) is 1.09. The van der Waals surface area contributed by atoms with Gasteiger partial charge in [-0.25, -0.2) is 14.8 Å². The molecule has 1 saturated heterocycles. The van der Waals surface area contributed by atoms with E-state index in [4.69, 9.17) is 0 Å². The molecule has 6 nitrogen and oxygen atoms in total. The van der Waals surface area contributed by atoms with Gasteiger partial charge < -0.3 is 15.0 Å². The fourth-order valence-electron chi connectivity index (χ4n) is 2.48. The highest BCUT2D eigenvalue weighted by molar-refractivity contribution is 5.85. The van der Waals surface area contributed by atoms with Crippen molar-refractivity contribution in [3.8, 4) is 0 Å². The van der Waals surface area contributed by atoms with Crippen molar-refractivity contribution in [3.05, 3.63) is 18.1 Å². The van der Waals surface area contributed by atoms with Gasteiger partial charge in [0.2, 0.25) is 5.82 Å². The van der Waals surface area contributed by atoms with Gasteiger partial charge in [0.1, 0.15) is 5.82 Å². The minimum atomic E-state index is -0.496. The standard InChI is InChI=1S/C14H22N4O2/c1-3-18(10-11-4-7-15-8-5-11)12-6-9-16-13(17-12)14(19)20-2/h6,9,11,15H,3-5,7-8,10H2,1-2H3. The van der Waals surface area contributed by atoms with Gasteiger partial charge in [-0.05, 0) is 44.8 Å². The molecule has 20 heavy (non-hydrogen) atoms. The summed E-state index contributed by atoms with van der Waals surface area (Å²) in [5, 5.41) is 3.37. The van der Waals surface area contributed by atoms with Crippen molar-refractivity contribution in [2.24, 2.45) is 5.92 Å². The lowest BCUT2D eigenvalue weighted by molar-refractivity contribution is 0.0587. The first-order valence-corrected chi connectivity index (χ1v) is 7.11. The van der Waals surface area contributed by atoms with Crippen LogP contribution in [0.1, 0.15) is 30.4 Å². The van der Waals surface area contributed by atoms with Gasteiger partial charge in [-0.1, -0.05) is 0 Å². The fourth-order valence-corrected chi connectivity index (χ4v) is 2.48. The number of hydrogen-bond donors (Lipinski definition) is 1. The van der Waals surface area contributed by atoms with E-state index in [0.29, 0.717) is 5.92 Å². The minimum absolute atomic E-state index is 0.119. The second-order valence-corrected chi connectivity index (χ2v) is 4.96. The number of methoxy groups -OCH3 is 1. The maximum absolute atomic E-state index is 11.5. The molecule has 1 aromatic rings. The third-order valence-electron chi connectivity index (χ3n) is 3.65. The van der Waals surface area contributed by atoms with Gasteiger partial charge in [-0.2, -0.15) is 0 Å². The zero-order valence-electron chi connectivity index (χ0n) is 12.1. The summed E-state index contributed by atoms with van der Waals surface area (Å²) in [6, 6.07) is 1.84. The van der Waals surface area contributed by atoms with Crippen LogP contribution in [0.15, 0.2) is 12.3 Å². The quantitative estimate of drug-likeness (QED) is 0.813. The van der Waals surface area contributed by atoms with Gasteiger partial charge >= 0.3 is 5.97 Å². The van der Waals surface area contributed by atoms with Crippen LogP contribution in [-0.2, 0) is 4.74 Å². The highest BCUT2D eigenvalue weighted by Gasteiger charge is 2.18. The summed E-state index contributed by atoms with van der Waals surface area (Å²) in [5.41, 5.74) is 0. The molecule has 0 aliphatic carbocycles. The Morgan fingerprint density at radius 3 is 2.90 bits per heavy atom. The first kappa shape index (κ1) is 14.7. The molecule has 0 amide bonds. The molecular weight excluding hydrogens is 256 g/mol. The van der Waals surface area contributed by atoms with Crippen LogP contribution >= 0.6 is 0 Å². The third kappa shape index (κ3) is 3.66. The number of carbonyl (C=O) groups is 1. The molecule has 0 spiro atoms. The Balaban J connectivity index is 2.08. The summed E-state index contributed by atoms with van der Waals surface area (Å²) in [4.78, 5) is 21.9. The van der Waals surface area contributed by atoms with Crippen LogP contribution in [0.3, 0.4) is 0 Å². The first-order valence-electron chi connectivity index (χ1n) is 7.11. The molecule has 0 unspecified atom stereocenters. The Hall–Kier alpha value is -1.69. The van der Waals surface area contributed by atoms with Gasteiger partial charge in [-0.3, -0.25) is 0 Å². The average molecular weight is 278 g/mol. The molecule has 0 saturated carbocycles. The number of carbonyl (C=O) groups excluding carboxylic acids is 1. The summed E-state index contributed by atoms with van der Waals surface area (Å²) < 4.78 is 4.66. The van der Waals surface area contributed by atoms with E-state index >= 15 is 0 Å². The molecule has 2 heterocycles. The molecule has 1 fully saturated rings. The van der Waals surface area contributed by atoms with Crippen LogP contribution in [0.25, 0.3) is 0 Å². The number of piperidine rings is 1. The van der Waals surface area contributed by atoms with Gasteiger partial charge in [0.25, 0.3) is 0 Å². The number of rotatable bonds is 5. The topological polar surface area (TPSA) is 67.4 Å². The van der Waals surface area contributed by atoms with Gasteiger partial charge in [0.05, 0.1) is 7.11 Å². The third-order valence-corrected chi connectivity index (χ3v) is 3.65. The number of aromatic nitrogens is 2. The van der Waals surface area contributed by atoms with Crippen molar-refractivity contribution >= 4 is 11.8 Å². The van der Waals surface area contributed by atoms with E-state index in [1.807, 2.05) is 6.07 Å². The van der Waals surface area contributed by atoms with Gasteiger partial charge in [-0.15, -0.1) is 0 Å². The first-order chi connectivity index (χ1) is 9.74. The van der Waals surface area contributed by atoms with E-state index in [1.54, 1.807) is 6.20 Å². The lowest BCUT2D eigenvalue weighted by atomic mass is 9.97. The molecular formula is C14H22N4O2. The maximum Gasteiger partial charge on any atom is 0.376 e. The Kier molecular flexibility index (Phi) is 5.29. The SMILES string of the molecule is CCN(CC1CCNCC1)c1ccnc(C(=O)OC)n1. The van der Waals surface area contributed by atoms with Crippen LogP contribution < -0.4 is 10.2 Å². The molecule has 2 rings (SSSR count). The van der Waals surface area contributed by atoms with Crippen molar-refractivity contribution in [2.45, 2.75) is 19.8 Å². The monoisotopic (exact) mass is 278 g/mol. The summed E-state index contributed by atoms with van der Waals surface area (Å²) in [6.07, 6.45) is 3.98. The van der Waals surface area contributed by atoms with Gasteiger partial charge in [0, 0.05) is 19.3 Å². The molecule has 1 aliphatic rings. The molecule has 6 heteroatoms. The largest absolute Gasteiger partial charge is 0.463 e. The summed E-state index contributed by atoms with van der Waals surface area (Å²) in [7, 11) is 1.34. The van der Waals surface area contributed by atoms with E-state index in [0.717, 1.165) is 32.0 Å². The maximum atomic E-state index is 11.5. The molecule has 1 aliphatic heterocycles. The number of esters is 1. The molecule has 1 aromatic heterocycles. The van der Waals surface area contributed by atoms with Crippen LogP contribution in [0.2, 0.25) is 0 Å². The molecule has 0 atom stereocenters. The second-order valence-electron chi connectivity index (χ2n) is 4.96. The lowest BCUT2D eigenvalue weighted by Gasteiger charge is -2.30. The number of hydrogen-bond acceptors (Lipinski definition) is 6. The van der Waals surface area contributed by atoms with E-state index in [1.165, 1.54) is 20.0 Å². The Labute approximate surface area is 119 Å². The van der Waals surface area contributed by atoms with E-state index in [2.05, 4.69) is 31.8 Å². The smallest absolute Gasteiger partial charge is 0.376 e. The van der Waals surface area contributed by atoms with Gasteiger partial charge in [0.15, 0.2) is 0 Å². The Bertz CT molecular complexity index is 447. The fraction of sp³-hybridized carbons (Fsp3) is 0.643. The predicted molar refractivity (Wildman–Crippen MR) is 76.9 cm³/mol. The number of ether oxygens (including phenoxy) is 1. The van der Waals surface area contributed by atoms with Crippen molar-refractivity contribution < 1.29 is 9.53 Å². The van der Waals surface area contributed by atoms with Crippen LogP contribution in [-0.4, -0.2) is 49.2 Å². The highest BCUT2D eigenvalue weighted by atomic mass is 16.5. The summed E-state index contributed by atoms with van der Waals surface area (Å²) in [6.45, 7) is 6.09. The van der Waals surface area contributed by atoms with Crippen molar-refractivity contribution in [1.82, 2.24) is 15.3 Å². The van der Waals surface area contributed by atoms with Crippen molar-refractivity contribution in [3.63, 3.8) is 0 Å². The number of nitrogens with one attached hydrogen (secondary N) is 1. The highest BCUT2D eigenvalue weighted by Crippen LogP contribution is 2.18. The summed E-state index contributed by atoms with van der Waals surface area (Å²) >= 11 is 0. The lowest BCUT2D eigenvalue weighted by Crippen LogP contribution is -2.36. The van der Waals surface area contributed by atoms with E-state index < -0.39 is 5.97 Å². The van der Waals surface area contributed by atoms with Crippen LogP contribution in [0.5, 0.6) is 0 Å². The molecule has 110 valence electrons. The molecule has 1 N–H and O–H groups in total. The minimum Gasteiger partial charge on any atom is -0.463 e.